The van der Waals surface area contributed by atoms with E-state index in [-0.39, 0.29) is 24.6 Å². The molecule has 0 spiro atoms. The van der Waals surface area contributed by atoms with Crippen LogP contribution in [0.2, 0.25) is 0 Å². The smallest absolute Gasteiger partial charge is 0.230 e. The van der Waals surface area contributed by atoms with Gasteiger partial charge in [-0.1, -0.05) is 12.2 Å². The van der Waals surface area contributed by atoms with Crippen LogP contribution < -0.4 is 0 Å². The summed E-state index contributed by atoms with van der Waals surface area (Å²) in [5.74, 6) is 0.286. The molecule has 1 aliphatic heterocycles. The Morgan fingerprint density at radius 1 is 1.55 bits per heavy atom. The maximum Gasteiger partial charge on any atom is 0.230 e. The van der Waals surface area contributed by atoms with Gasteiger partial charge in [-0.25, -0.2) is 0 Å². The molecule has 0 saturated carbocycles. The number of allylic oxidation sites excluding steroid dienone is 1. The molecule has 1 fully saturated rings. The Hall–Kier alpha value is -0.830. The van der Waals surface area contributed by atoms with Crippen LogP contribution in [0, 0.1) is 5.92 Å². The monoisotopic (exact) mass is 153 g/mol. The normalized spacial score (nSPS) is 35.0. The molecule has 0 bridgehead atoms. The molecular weight excluding hydrogens is 142 g/mol. The van der Waals surface area contributed by atoms with Gasteiger partial charge in [0.15, 0.2) is 0 Å². The number of rotatable bonds is 1. The third kappa shape index (κ3) is 0.807. The average Bonchev–Trinajstić information content (AvgIpc) is 2.05. The second kappa shape index (κ2) is 2.34. The van der Waals surface area contributed by atoms with Gasteiger partial charge in [0.25, 0.3) is 0 Å². The summed E-state index contributed by atoms with van der Waals surface area (Å²) < 4.78 is 0. The molecule has 0 unspecified atom stereocenters. The molecule has 60 valence electrons. The highest BCUT2D eigenvalue weighted by Crippen LogP contribution is 2.34. The largest absolute Gasteiger partial charge is 0.376 e. The summed E-state index contributed by atoms with van der Waals surface area (Å²) in [5, 5.41) is 8.78. The number of carbonyl (C=O) groups excluding carboxylic acids is 1. The molecule has 2 atom stereocenters. The van der Waals surface area contributed by atoms with Crippen molar-refractivity contribution in [2.75, 3.05) is 6.73 Å². The van der Waals surface area contributed by atoms with Crippen molar-refractivity contribution < 1.29 is 9.90 Å². The summed E-state index contributed by atoms with van der Waals surface area (Å²) in [5.41, 5.74) is 0. The minimum atomic E-state index is -0.117. The van der Waals surface area contributed by atoms with E-state index in [0.717, 1.165) is 12.8 Å². The predicted octanol–water partition coefficient (Wildman–Crippen LogP) is 0.113. The maximum absolute atomic E-state index is 11.2. The molecular formula is C8H11NO2. The molecule has 2 rings (SSSR count). The van der Waals surface area contributed by atoms with Crippen molar-refractivity contribution >= 4 is 5.91 Å². The molecule has 1 N–H and O–H groups in total. The van der Waals surface area contributed by atoms with Crippen LogP contribution >= 0.6 is 0 Å². The molecule has 0 radical (unpaired) electrons. The number of fused-ring (bicyclic) bond motifs is 1. The van der Waals surface area contributed by atoms with Crippen molar-refractivity contribution in [2.24, 2.45) is 5.92 Å². The average molecular weight is 153 g/mol. The standard InChI is InChI=1S/C8H11NO2/c10-5-9-7-4-2-1-3-6(7)8(9)11/h1-2,6-7,10H,3-5H2/t6-,7+/m1/s1. The van der Waals surface area contributed by atoms with Crippen LogP contribution in [0.1, 0.15) is 12.8 Å². The molecule has 0 aromatic rings. The van der Waals surface area contributed by atoms with E-state index < -0.39 is 0 Å². The topological polar surface area (TPSA) is 40.5 Å². The minimum absolute atomic E-state index is 0.113. The zero-order valence-electron chi connectivity index (χ0n) is 6.23. The third-order valence-electron chi connectivity index (χ3n) is 2.55. The van der Waals surface area contributed by atoms with Crippen molar-refractivity contribution in [2.45, 2.75) is 18.9 Å². The van der Waals surface area contributed by atoms with Crippen LogP contribution in [-0.4, -0.2) is 28.7 Å². The SMILES string of the molecule is O=C1[C@@H]2CC=CC[C@@H]2N1CO. The van der Waals surface area contributed by atoms with Crippen LogP contribution in [-0.2, 0) is 4.79 Å². The van der Waals surface area contributed by atoms with E-state index in [2.05, 4.69) is 6.08 Å². The van der Waals surface area contributed by atoms with Gasteiger partial charge >= 0.3 is 0 Å². The Kier molecular flexibility index (Phi) is 1.46. The lowest BCUT2D eigenvalue weighted by molar-refractivity contribution is -0.163. The number of hydrogen-bond donors (Lipinski definition) is 1. The summed E-state index contributed by atoms with van der Waals surface area (Å²) in [6.07, 6.45) is 5.90. The number of aliphatic hydroxyl groups excluding tert-OH is 1. The zero-order valence-corrected chi connectivity index (χ0v) is 6.23. The Labute approximate surface area is 65.3 Å². The fourth-order valence-electron chi connectivity index (χ4n) is 1.88. The van der Waals surface area contributed by atoms with Crippen molar-refractivity contribution in [3.05, 3.63) is 12.2 Å². The molecule has 0 aromatic carbocycles. The van der Waals surface area contributed by atoms with E-state index in [1.165, 1.54) is 4.90 Å². The molecule has 1 saturated heterocycles. The van der Waals surface area contributed by atoms with Gasteiger partial charge in [-0.3, -0.25) is 4.79 Å². The van der Waals surface area contributed by atoms with E-state index in [1.54, 1.807) is 0 Å². The van der Waals surface area contributed by atoms with Crippen molar-refractivity contribution in [1.82, 2.24) is 4.90 Å². The maximum atomic E-state index is 11.2. The first-order chi connectivity index (χ1) is 5.34. The van der Waals surface area contributed by atoms with Gasteiger partial charge in [0.05, 0.1) is 5.92 Å². The van der Waals surface area contributed by atoms with Gasteiger partial charge in [-0.05, 0) is 12.8 Å². The Bertz CT molecular complexity index is 212. The molecule has 11 heavy (non-hydrogen) atoms. The van der Waals surface area contributed by atoms with Crippen LogP contribution in [0.3, 0.4) is 0 Å². The molecule has 1 aliphatic carbocycles. The van der Waals surface area contributed by atoms with Crippen molar-refractivity contribution in [1.29, 1.82) is 0 Å². The number of β-lactam (4-membered cyclic amide) rings is 1. The van der Waals surface area contributed by atoms with Gasteiger partial charge in [0, 0.05) is 6.04 Å². The number of hydrogen-bond acceptors (Lipinski definition) is 2. The lowest BCUT2D eigenvalue weighted by Crippen LogP contribution is -2.61. The first-order valence-electron chi connectivity index (χ1n) is 3.91. The first kappa shape index (κ1) is 6.85. The number of likely N-dealkylation sites (tertiary alicyclic amines) is 1. The minimum Gasteiger partial charge on any atom is -0.376 e. The Morgan fingerprint density at radius 3 is 3.00 bits per heavy atom. The highest BCUT2D eigenvalue weighted by molar-refractivity contribution is 5.86. The summed E-state index contributed by atoms with van der Waals surface area (Å²) in [6.45, 7) is -0.117. The zero-order chi connectivity index (χ0) is 7.84. The van der Waals surface area contributed by atoms with Crippen LogP contribution in [0.5, 0.6) is 0 Å². The molecule has 1 heterocycles. The number of nitrogens with zero attached hydrogens (tertiary/aromatic N) is 1. The Morgan fingerprint density at radius 2 is 2.27 bits per heavy atom. The molecule has 1 amide bonds. The van der Waals surface area contributed by atoms with Gasteiger partial charge in [-0.15, -0.1) is 0 Å². The van der Waals surface area contributed by atoms with E-state index in [1.807, 2.05) is 6.08 Å². The van der Waals surface area contributed by atoms with E-state index in [4.69, 9.17) is 5.11 Å². The fraction of sp³-hybridized carbons (Fsp3) is 0.625. The molecule has 2 aliphatic rings. The predicted molar refractivity (Wildman–Crippen MR) is 39.6 cm³/mol. The quantitative estimate of drug-likeness (QED) is 0.429. The van der Waals surface area contributed by atoms with Gasteiger partial charge in [-0.2, -0.15) is 0 Å². The molecule has 3 nitrogen and oxygen atoms in total. The lowest BCUT2D eigenvalue weighted by atomic mass is 9.80. The summed E-state index contributed by atoms with van der Waals surface area (Å²) >= 11 is 0. The van der Waals surface area contributed by atoms with Crippen molar-refractivity contribution in [3.8, 4) is 0 Å². The van der Waals surface area contributed by atoms with Gasteiger partial charge in [0.1, 0.15) is 6.73 Å². The van der Waals surface area contributed by atoms with Crippen molar-refractivity contribution in [3.63, 3.8) is 0 Å². The number of carbonyl (C=O) groups is 1. The molecule has 0 aromatic heterocycles. The van der Waals surface area contributed by atoms with E-state index in [0.29, 0.717) is 0 Å². The summed E-state index contributed by atoms with van der Waals surface area (Å²) in [7, 11) is 0. The van der Waals surface area contributed by atoms with Crippen LogP contribution in [0.4, 0.5) is 0 Å². The second-order valence-corrected chi connectivity index (χ2v) is 3.07. The summed E-state index contributed by atoms with van der Waals surface area (Å²) in [6, 6.07) is 0.289. The first-order valence-corrected chi connectivity index (χ1v) is 3.91. The second-order valence-electron chi connectivity index (χ2n) is 3.07. The van der Waals surface area contributed by atoms with Gasteiger partial charge < -0.3 is 10.0 Å². The third-order valence-corrected chi connectivity index (χ3v) is 2.55. The van der Waals surface area contributed by atoms with Gasteiger partial charge in [0.2, 0.25) is 5.91 Å². The highest BCUT2D eigenvalue weighted by Gasteiger charge is 2.46. The summed E-state index contributed by atoms with van der Waals surface area (Å²) in [4.78, 5) is 12.7. The van der Waals surface area contributed by atoms with Crippen LogP contribution in [0.25, 0.3) is 0 Å². The number of aliphatic hydroxyl groups is 1. The fourth-order valence-corrected chi connectivity index (χ4v) is 1.88. The van der Waals surface area contributed by atoms with E-state index in [9.17, 15) is 4.79 Å². The highest BCUT2D eigenvalue weighted by atomic mass is 16.3. The number of amides is 1. The van der Waals surface area contributed by atoms with Crippen LogP contribution in [0.15, 0.2) is 12.2 Å². The Balaban J connectivity index is 2.10. The van der Waals surface area contributed by atoms with E-state index >= 15 is 0 Å². The lowest BCUT2D eigenvalue weighted by Gasteiger charge is -2.47. The molecule has 3 heteroatoms.